The van der Waals surface area contributed by atoms with Crippen LogP contribution >= 0.6 is 11.8 Å². The van der Waals surface area contributed by atoms with Gasteiger partial charge in [-0.15, -0.1) is 0 Å². The van der Waals surface area contributed by atoms with E-state index in [4.69, 9.17) is 0 Å². The first-order chi connectivity index (χ1) is 9.23. The largest absolute Gasteiger partial charge is 1.00 e. The molecule has 0 rings (SSSR count). The van der Waals surface area contributed by atoms with Gasteiger partial charge >= 0.3 is 56.6 Å². The summed E-state index contributed by atoms with van der Waals surface area (Å²) in [6.45, 7) is 0. The van der Waals surface area contributed by atoms with Crippen LogP contribution in [0.25, 0.3) is 0 Å². The van der Waals surface area contributed by atoms with Crippen LogP contribution in [0, 0.1) is 0 Å². The smallest absolute Gasteiger partial charge is 0.550 e. The molecule has 0 saturated heterocycles. The summed E-state index contributed by atoms with van der Waals surface area (Å²) in [6, 6.07) is -1.45. The van der Waals surface area contributed by atoms with Crippen molar-refractivity contribution in [3.05, 3.63) is 0 Å². The number of rotatable bonds is 8. The molecule has 0 radical (unpaired) electrons. The third kappa shape index (κ3) is 16.3. The molecule has 9 nitrogen and oxygen atoms in total. The van der Waals surface area contributed by atoms with Crippen molar-refractivity contribution in [2.45, 2.75) is 25.3 Å². The zero-order valence-corrected chi connectivity index (χ0v) is 13.9. The summed E-state index contributed by atoms with van der Waals surface area (Å²) in [5.41, 5.74) is 0. The quantitative estimate of drug-likeness (QED) is 0.336. The van der Waals surface area contributed by atoms with E-state index in [-0.39, 0.29) is 68.8 Å². The third-order valence-corrected chi connectivity index (χ3v) is 2.85. The minimum atomic E-state index is -1.90. The van der Waals surface area contributed by atoms with Gasteiger partial charge in [0.15, 0.2) is 0 Å². The fourth-order valence-corrected chi connectivity index (χ4v) is 1.72. The number of hydrogen-bond donors (Lipinski definition) is 1. The third-order valence-electron chi connectivity index (χ3n) is 1.98. The maximum absolute atomic E-state index is 11.2. The molecule has 0 heterocycles. The van der Waals surface area contributed by atoms with Crippen LogP contribution in [0.3, 0.4) is 0 Å². The van der Waals surface area contributed by atoms with Crippen LogP contribution in [0.15, 0.2) is 0 Å². The maximum atomic E-state index is 11.2. The van der Waals surface area contributed by atoms with Gasteiger partial charge in [0.2, 0.25) is 11.0 Å². The molecule has 1 amide bonds. The van der Waals surface area contributed by atoms with E-state index in [1.54, 1.807) is 0 Å². The van der Waals surface area contributed by atoms with E-state index in [2.05, 4.69) is 0 Å². The summed E-state index contributed by atoms with van der Waals surface area (Å²) in [4.78, 5) is 52.8. The van der Waals surface area contributed by atoms with Crippen LogP contribution in [0.1, 0.15) is 19.3 Å². The summed E-state index contributed by atoms with van der Waals surface area (Å²) >= 11 is 0.328. The molecular weight excluding hydrogens is 315 g/mol. The van der Waals surface area contributed by atoms with Crippen molar-refractivity contribution in [1.82, 2.24) is 5.32 Å². The van der Waals surface area contributed by atoms with E-state index in [1.807, 2.05) is 5.32 Å². The van der Waals surface area contributed by atoms with Crippen LogP contribution in [0.4, 0.5) is 0 Å². The van der Waals surface area contributed by atoms with E-state index >= 15 is 0 Å². The zero-order chi connectivity index (χ0) is 15.7. The van der Waals surface area contributed by atoms with E-state index in [9.17, 15) is 39.3 Å². The van der Waals surface area contributed by atoms with Gasteiger partial charge in [-0.1, -0.05) is 11.8 Å². The van der Waals surface area contributed by atoms with Crippen molar-refractivity contribution in [2.75, 3.05) is 5.75 Å². The Balaban J connectivity index is -0.000000602. The van der Waals surface area contributed by atoms with Gasteiger partial charge in [-0.3, -0.25) is 9.59 Å². The van der Waals surface area contributed by atoms with Crippen LogP contribution in [0.2, 0.25) is 0 Å². The molecular formula is C10H10Li3NO8S. The van der Waals surface area contributed by atoms with Gasteiger partial charge in [0.05, 0.1) is 12.0 Å². The average molecular weight is 325 g/mol. The molecule has 0 aromatic heterocycles. The molecule has 0 aliphatic carbocycles. The zero-order valence-electron chi connectivity index (χ0n) is 13.1. The summed E-state index contributed by atoms with van der Waals surface area (Å²) in [5, 5.41) is 31.6. The molecule has 112 valence electrons. The molecule has 0 saturated carbocycles. The predicted molar refractivity (Wildman–Crippen MR) is 58.3 cm³/mol. The number of hydrogen-bond acceptors (Lipinski definition) is 9. The Kier molecular flexibility index (Phi) is 22.0. The number of carboxylic acid groups (broad SMARTS) is 3. The van der Waals surface area contributed by atoms with Crippen molar-refractivity contribution in [3.63, 3.8) is 0 Å². The number of carbonyl (C=O) groups excluding carboxylic acids is 5. The van der Waals surface area contributed by atoms with Gasteiger partial charge in [-0.05, 0) is 12.8 Å². The van der Waals surface area contributed by atoms with Gasteiger partial charge in [0, 0.05) is 18.1 Å². The van der Waals surface area contributed by atoms with Crippen molar-refractivity contribution >= 4 is 40.7 Å². The Hall–Kier alpha value is -0.308. The van der Waals surface area contributed by atoms with Crippen LogP contribution in [-0.4, -0.2) is 40.7 Å². The van der Waals surface area contributed by atoms with E-state index in [0.717, 1.165) is 0 Å². The van der Waals surface area contributed by atoms with Crippen molar-refractivity contribution < 1.29 is 95.9 Å². The topological polar surface area (TPSA) is 167 Å². The fraction of sp³-hybridized carbons (Fsp3) is 0.500. The number of nitrogens with one attached hydrogen (secondary N) is 1. The summed E-state index contributed by atoms with van der Waals surface area (Å²) in [6.07, 6.45) is -1.29. The molecule has 0 aliphatic rings. The molecule has 0 aromatic rings. The van der Waals surface area contributed by atoms with Crippen LogP contribution in [0.5, 0.6) is 0 Å². The molecule has 0 bridgehead atoms. The number of amides is 1. The second-order valence-electron chi connectivity index (χ2n) is 3.52. The van der Waals surface area contributed by atoms with Crippen molar-refractivity contribution in [1.29, 1.82) is 0 Å². The molecule has 0 spiro atoms. The summed E-state index contributed by atoms with van der Waals surface area (Å²) in [5.74, 6) is -6.02. The van der Waals surface area contributed by atoms with Crippen LogP contribution in [-0.2, 0) is 24.0 Å². The van der Waals surface area contributed by atoms with Gasteiger partial charge < -0.3 is 35.0 Å². The van der Waals surface area contributed by atoms with Crippen molar-refractivity contribution in [2.24, 2.45) is 0 Å². The van der Waals surface area contributed by atoms with Crippen LogP contribution < -0.4 is 77.2 Å². The Morgan fingerprint density at radius 1 is 0.913 bits per heavy atom. The number of thioether (sulfide) groups is 1. The first-order valence-electron chi connectivity index (χ1n) is 5.32. The molecule has 13 heteroatoms. The number of carbonyl (C=O) groups is 5. The SMILES string of the molecule is O=C([O-])CCC(=O)NC(CCSC(=O)C(=O)[O-])C(=O)[O-].[Li+].[Li+].[Li+]. The first-order valence-corrected chi connectivity index (χ1v) is 6.30. The van der Waals surface area contributed by atoms with E-state index in [1.165, 1.54) is 0 Å². The summed E-state index contributed by atoms with van der Waals surface area (Å²) in [7, 11) is 0. The Morgan fingerprint density at radius 3 is 1.83 bits per heavy atom. The molecule has 0 aliphatic heterocycles. The predicted octanol–water partition coefficient (Wildman–Crippen LogP) is -13.8. The molecule has 0 fully saturated rings. The molecule has 1 N–H and O–H groups in total. The molecule has 0 aromatic carbocycles. The second-order valence-corrected chi connectivity index (χ2v) is 4.59. The minimum absolute atomic E-state index is 0. The Morgan fingerprint density at radius 2 is 1.43 bits per heavy atom. The van der Waals surface area contributed by atoms with Gasteiger partial charge in [0.25, 0.3) is 0 Å². The Labute approximate surface area is 172 Å². The maximum Gasteiger partial charge on any atom is 1.00 e. The summed E-state index contributed by atoms with van der Waals surface area (Å²) < 4.78 is 0. The van der Waals surface area contributed by atoms with E-state index < -0.39 is 47.8 Å². The van der Waals surface area contributed by atoms with E-state index in [0.29, 0.717) is 11.8 Å². The van der Waals surface area contributed by atoms with Gasteiger partial charge in [0.1, 0.15) is 5.97 Å². The van der Waals surface area contributed by atoms with Gasteiger partial charge in [-0.25, -0.2) is 0 Å². The fourth-order valence-electron chi connectivity index (χ4n) is 1.06. The molecule has 1 atom stereocenters. The second kappa shape index (κ2) is 16.5. The van der Waals surface area contributed by atoms with Crippen molar-refractivity contribution in [3.8, 4) is 0 Å². The average Bonchev–Trinajstić information content (AvgIpc) is 2.34. The standard InChI is InChI=1S/C10H13NO8S.3Li/c12-6(1-2-7(13)14)11-5(8(15)16)3-4-20-10(19)9(17)18;;;/h5H,1-4H2,(H,11,12)(H,13,14)(H,15,16)(H,17,18);;;/q;3*+1/p-3. The Bertz CT molecular complexity index is 434. The first kappa shape index (κ1) is 30.6. The normalized spacial score (nSPS) is 9.91. The number of aliphatic carboxylic acids is 3. The number of carboxylic acids is 3. The van der Waals surface area contributed by atoms with Gasteiger partial charge in [-0.2, -0.15) is 0 Å². The molecule has 1 unspecified atom stereocenters. The monoisotopic (exact) mass is 325 g/mol. The minimum Gasteiger partial charge on any atom is -0.550 e. The molecule has 23 heavy (non-hydrogen) atoms.